The van der Waals surface area contributed by atoms with Crippen LogP contribution >= 0.6 is 0 Å². The van der Waals surface area contributed by atoms with Crippen LogP contribution < -0.4 is 0 Å². The number of esters is 1. The number of aromatic hydroxyl groups is 1. The molecule has 0 aliphatic rings. The van der Waals surface area contributed by atoms with Crippen molar-refractivity contribution in [1.82, 2.24) is 0 Å². The number of rotatable bonds is 2. The zero-order valence-corrected chi connectivity index (χ0v) is 11.4. The van der Waals surface area contributed by atoms with E-state index in [1.165, 1.54) is 0 Å². The summed E-state index contributed by atoms with van der Waals surface area (Å²) in [5.74, 6) is -0.125. The Hall–Kier alpha value is -2.03. The normalized spacial score (nSPS) is 11.5. The van der Waals surface area contributed by atoms with E-state index in [2.05, 4.69) is 0 Å². The Morgan fingerprint density at radius 2 is 1.74 bits per heavy atom. The SMILES string of the molecule is CC(C)(C)C(=O)OCc1cc2ccccc2cc1O. The van der Waals surface area contributed by atoms with Crippen molar-refractivity contribution in [3.63, 3.8) is 0 Å². The van der Waals surface area contributed by atoms with Gasteiger partial charge in [-0.2, -0.15) is 0 Å². The molecule has 0 unspecified atom stereocenters. The van der Waals surface area contributed by atoms with Crippen LogP contribution in [0.2, 0.25) is 0 Å². The molecular formula is C16H18O3. The second-order valence-corrected chi connectivity index (χ2v) is 5.65. The summed E-state index contributed by atoms with van der Waals surface area (Å²) in [5, 5.41) is 11.9. The molecule has 0 aliphatic heterocycles. The van der Waals surface area contributed by atoms with Gasteiger partial charge in [-0.15, -0.1) is 0 Å². The van der Waals surface area contributed by atoms with Crippen LogP contribution in [0.1, 0.15) is 26.3 Å². The summed E-state index contributed by atoms with van der Waals surface area (Å²) in [6, 6.07) is 11.3. The van der Waals surface area contributed by atoms with E-state index < -0.39 is 5.41 Å². The molecule has 0 fully saturated rings. The Bertz CT molecular complexity index is 609. The first-order valence-electron chi connectivity index (χ1n) is 6.26. The number of fused-ring (bicyclic) bond motifs is 1. The Morgan fingerprint density at radius 1 is 1.16 bits per heavy atom. The monoisotopic (exact) mass is 258 g/mol. The minimum absolute atomic E-state index is 0.0901. The maximum atomic E-state index is 11.7. The first kappa shape index (κ1) is 13.4. The lowest BCUT2D eigenvalue weighted by Crippen LogP contribution is -2.22. The zero-order valence-electron chi connectivity index (χ0n) is 11.4. The van der Waals surface area contributed by atoms with E-state index in [9.17, 15) is 9.90 Å². The molecular weight excluding hydrogens is 240 g/mol. The van der Waals surface area contributed by atoms with Crippen LogP contribution in [0, 0.1) is 5.41 Å². The lowest BCUT2D eigenvalue weighted by atomic mass is 9.97. The molecule has 0 spiro atoms. The van der Waals surface area contributed by atoms with Gasteiger partial charge in [0.1, 0.15) is 12.4 Å². The van der Waals surface area contributed by atoms with Crippen molar-refractivity contribution in [2.75, 3.05) is 0 Å². The third kappa shape index (κ3) is 3.05. The second-order valence-electron chi connectivity index (χ2n) is 5.65. The summed E-state index contributed by atoms with van der Waals surface area (Å²) in [6.45, 7) is 5.49. The van der Waals surface area contributed by atoms with Gasteiger partial charge >= 0.3 is 5.97 Å². The number of phenols is 1. The maximum Gasteiger partial charge on any atom is 0.311 e. The van der Waals surface area contributed by atoms with Gasteiger partial charge in [0.2, 0.25) is 0 Å². The van der Waals surface area contributed by atoms with Crippen molar-refractivity contribution in [3.05, 3.63) is 42.0 Å². The average molecular weight is 258 g/mol. The van der Waals surface area contributed by atoms with Gasteiger partial charge in [-0.1, -0.05) is 24.3 Å². The fourth-order valence-corrected chi connectivity index (χ4v) is 1.75. The predicted octanol–water partition coefficient (Wildman–Crippen LogP) is 3.63. The second kappa shape index (κ2) is 4.92. The largest absolute Gasteiger partial charge is 0.508 e. The number of hydrogen-bond donors (Lipinski definition) is 1. The van der Waals surface area contributed by atoms with E-state index >= 15 is 0 Å². The lowest BCUT2D eigenvalue weighted by Gasteiger charge is -2.17. The molecule has 2 aromatic rings. The third-order valence-electron chi connectivity index (χ3n) is 2.92. The van der Waals surface area contributed by atoms with E-state index in [-0.39, 0.29) is 18.3 Å². The first-order valence-corrected chi connectivity index (χ1v) is 6.26. The van der Waals surface area contributed by atoms with Crippen molar-refractivity contribution in [2.45, 2.75) is 27.4 Å². The highest BCUT2D eigenvalue weighted by atomic mass is 16.5. The van der Waals surface area contributed by atoms with Gasteiger partial charge in [0.25, 0.3) is 0 Å². The smallest absolute Gasteiger partial charge is 0.311 e. The molecule has 19 heavy (non-hydrogen) atoms. The number of phenolic OH excluding ortho intramolecular Hbond substituents is 1. The van der Waals surface area contributed by atoms with Gasteiger partial charge in [-0.25, -0.2) is 0 Å². The molecule has 0 bridgehead atoms. The van der Waals surface area contributed by atoms with Crippen molar-refractivity contribution in [1.29, 1.82) is 0 Å². The molecule has 0 aliphatic carbocycles. The molecule has 0 heterocycles. The van der Waals surface area contributed by atoms with Crippen LogP contribution in [-0.4, -0.2) is 11.1 Å². The minimum Gasteiger partial charge on any atom is -0.508 e. The first-order chi connectivity index (χ1) is 8.88. The van der Waals surface area contributed by atoms with E-state index in [4.69, 9.17) is 4.74 Å². The van der Waals surface area contributed by atoms with E-state index in [0.29, 0.717) is 5.56 Å². The molecule has 0 aromatic heterocycles. The number of benzene rings is 2. The fourth-order valence-electron chi connectivity index (χ4n) is 1.75. The van der Waals surface area contributed by atoms with Crippen LogP contribution in [-0.2, 0) is 16.1 Å². The van der Waals surface area contributed by atoms with Gasteiger partial charge in [0, 0.05) is 5.56 Å². The zero-order chi connectivity index (χ0) is 14.0. The third-order valence-corrected chi connectivity index (χ3v) is 2.92. The van der Waals surface area contributed by atoms with Crippen LogP contribution in [0.5, 0.6) is 5.75 Å². The van der Waals surface area contributed by atoms with E-state index in [1.807, 2.05) is 30.3 Å². The number of ether oxygens (including phenoxy) is 1. The van der Waals surface area contributed by atoms with Crippen molar-refractivity contribution < 1.29 is 14.6 Å². The highest BCUT2D eigenvalue weighted by Crippen LogP contribution is 2.26. The standard InChI is InChI=1S/C16H18O3/c1-16(2,3)15(18)19-10-13-8-11-6-4-5-7-12(11)9-14(13)17/h4-9,17H,10H2,1-3H3. The Kier molecular flexibility index (Phi) is 3.47. The van der Waals surface area contributed by atoms with Gasteiger partial charge in [-0.3, -0.25) is 4.79 Å². The van der Waals surface area contributed by atoms with Crippen LogP contribution in [0.25, 0.3) is 10.8 Å². The quantitative estimate of drug-likeness (QED) is 0.837. The van der Waals surface area contributed by atoms with Gasteiger partial charge < -0.3 is 9.84 Å². The fraction of sp³-hybridized carbons (Fsp3) is 0.312. The topological polar surface area (TPSA) is 46.5 Å². The summed E-state index contributed by atoms with van der Waals surface area (Å²) >= 11 is 0. The highest BCUT2D eigenvalue weighted by Gasteiger charge is 2.23. The molecule has 2 rings (SSSR count). The van der Waals surface area contributed by atoms with Crippen molar-refractivity contribution >= 4 is 16.7 Å². The molecule has 0 saturated heterocycles. The summed E-state index contributed by atoms with van der Waals surface area (Å²) in [5.41, 5.74) is 0.0863. The summed E-state index contributed by atoms with van der Waals surface area (Å²) in [6.07, 6.45) is 0. The number of hydrogen-bond acceptors (Lipinski definition) is 3. The molecule has 1 N–H and O–H groups in total. The predicted molar refractivity (Wildman–Crippen MR) is 74.9 cm³/mol. The van der Waals surface area contributed by atoms with Crippen LogP contribution in [0.15, 0.2) is 36.4 Å². The molecule has 2 aromatic carbocycles. The van der Waals surface area contributed by atoms with Crippen LogP contribution in [0.3, 0.4) is 0 Å². The molecule has 3 heteroatoms. The molecule has 3 nitrogen and oxygen atoms in total. The van der Waals surface area contributed by atoms with E-state index in [0.717, 1.165) is 10.8 Å². The molecule has 0 saturated carbocycles. The Morgan fingerprint density at radius 3 is 2.32 bits per heavy atom. The average Bonchev–Trinajstić information content (AvgIpc) is 2.34. The van der Waals surface area contributed by atoms with Gasteiger partial charge in [-0.05, 0) is 43.7 Å². The number of carbonyl (C=O) groups excluding carboxylic acids is 1. The summed E-state index contributed by atoms with van der Waals surface area (Å²) < 4.78 is 5.22. The van der Waals surface area contributed by atoms with E-state index in [1.54, 1.807) is 26.8 Å². The molecule has 0 radical (unpaired) electrons. The Labute approximate surface area is 112 Å². The molecule has 0 amide bonds. The minimum atomic E-state index is -0.535. The summed E-state index contributed by atoms with van der Waals surface area (Å²) in [4.78, 5) is 11.7. The van der Waals surface area contributed by atoms with Crippen molar-refractivity contribution in [2.24, 2.45) is 5.41 Å². The highest BCUT2D eigenvalue weighted by molar-refractivity contribution is 5.85. The van der Waals surface area contributed by atoms with Gasteiger partial charge in [0.05, 0.1) is 5.41 Å². The lowest BCUT2D eigenvalue weighted by molar-refractivity contribution is -0.154. The Balaban J connectivity index is 2.21. The van der Waals surface area contributed by atoms with Crippen LogP contribution in [0.4, 0.5) is 0 Å². The van der Waals surface area contributed by atoms with Gasteiger partial charge in [0.15, 0.2) is 0 Å². The number of carbonyl (C=O) groups is 1. The molecule has 0 atom stereocenters. The molecule has 100 valence electrons. The maximum absolute atomic E-state index is 11.7. The van der Waals surface area contributed by atoms with Crippen molar-refractivity contribution in [3.8, 4) is 5.75 Å². The summed E-state index contributed by atoms with van der Waals surface area (Å²) in [7, 11) is 0.